The number of anilines is 1. The Balaban J connectivity index is 2.57. The Morgan fingerprint density at radius 3 is 2.91 bits per heavy atom. The first-order valence-corrected chi connectivity index (χ1v) is 3.84. The van der Waals surface area contributed by atoms with Crippen molar-refractivity contribution in [3.63, 3.8) is 0 Å². The Hall–Kier alpha value is -1.01. The minimum absolute atomic E-state index is 0.0291. The predicted octanol–water partition coefficient (Wildman–Crippen LogP) is -0.256. The number of aromatic nitrogens is 2. The van der Waals surface area contributed by atoms with Crippen LogP contribution in [0.5, 0.6) is 0 Å². The maximum atomic E-state index is 10.7. The molecule has 0 aliphatic rings. The molecule has 5 nitrogen and oxygen atoms in total. The van der Waals surface area contributed by atoms with E-state index >= 15 is 0 Å². The van der Waals surface area contributed by atoms with Gasteiger partial charge in [0.05, 0.1) is 6.54 Å². The summed E-state index contributed by atoms with van der Waals surface area (Å²) in [5, 5.41) is 11.2. The van der Waals surface area contributed by atoms with Gasteiger partial charge in [-0.2, -0.15) is 0 Å². The van der Waals surface area contributed by atoms with Crippen LogP contribution in [0.15, 0.2) is 0 Å². The molecule has 0 radical (unpaired) electrons. The fourth-order valence-corrected chi connectivity index (χ4v) is 1.13. The molecule has 1 amide bonds. The molecule has 1 rings (SSSR count). The van der Waals surface area contributed by atoms with Gasteiger partial charge in [0.15, 0.2) is 0 Å². The second-order valence-corrected chi connectivity index (χ2v) is 3.06. The van der Waals surface area contributed by atoms with Crippen LogP contribution < -0.4 is 11.1 Å². The molecule has 0 spiro atoms. The Morgan fingerprint density at radius 1 is 1.73 bits per heavy atom. The van der Waals surface area contributed by atoms with E-state index in [0.717, 1.165) is 5.01 Å². The van der Waals surface area contributed by atoms with Crippen molar-refractivity contribution in [1.29, 1.82) is 0 Å². The molecule has 60 valence electrons. The highest BCUT2D eigenvalue weighted by atomic mass is 32.1. The second kappa shape index (κ2) is 3.40. The molecule has 0 unspecified atom stereocenters. The number of rotatable bonds is 2. The maximum Gasteiger partial charge on any atom is 0.239 e. The van der Waals surface area contributed by atoms with Gasteiger partial charge in [-0.1, -0.05) is 11.3 Å². The van der Waals surface area contributed by atoms with Crippen LogP contribution in [0.2, 0.25) is 0 Å². The van der Waals surface area contributed by atoms with Gasteiger partial charge in [0, 0.05) is 0 Å². The number of hydrogen-bond donors (Lipinski definition) is 2. The van der Waals surface area contributed by atoms with Crippen LogP contribution in [-0.2, 0) is 4.79 Å². The number of carbonyl (C=O) groups excluding carboxylic acids is 1. The van der Waals surface area contributed by atoms with E-state index in [-0.39, 0.29) is 12.5 Å². The van der Waals surface area contributed by atoms with Gasteiger partial charge < -0.3 is 5.73 Å². The van der Waals surface area contributed by atoms with E-state index in [0.29, 0.717) is 5.13 Å². The standard InChI is InChI=1S/C5H8N4OS/c1-3-8-9-5(11-3)7-4(10)2-6/h2,6H2,1H3,(H,7,9,10). The summed E-state index contributed by atoms with van der Waals surface area (Å²) >= 11 is 1.32. The smallest absolute Gasteiger partial charge is 0.239 e. The van der Waals surface area contributed by atoms with Crippen LogP contribution in [-0.4, -0.2) is 22.6 Å². The molecule has 0 fully saturated rings. The average Bonchev–Trinajstić information content (AvgIpc) is 2.35. The number of hydrogen-bond acceptors (Lipinski definition) is 5. The zero-order chi connectivity index (χ0) is 8.27. The Morgan fingerprint density at radius 2 is 2.45 bits per heavy atom. The second-order valence-electron chi connectivity index (χ2n) is 1.88. The van der Waals surface area contributed by atoms with Gasteiger partial charge in [-0.15, -0.1) is 10.2 Å². The van der Waals surface area contributed by atoms with Crippen molar-refractivity contribution >= 4 is 22.4 Å². The summed E-state index contributed by atoms with van der Waals surface area (Å²) < 4.78 is 0. The highest BCUT2D eigenvalue weighted by Gasteiger charge is 2.02. The lowest BCUT2D eigenvalue weighted by atomic mass is 10.6. The number of nitrogens with zero attached hydrogens (tertiary/aromatic N) is 2. The van der Waals surface area contributed by atoms with E-state index in [4.69, 9.17) is 5.73 Å². The van der Waals surface area contributed by atoms with Gasteiger partial charge in [-0.3, -0.25) is 10.1 Å². The number of carbonyl (C=O) groups is 1. The molecule has 1 heterocycles. The van der Waals surface area contributed by atoms with E-state index in [1.807, 2.05) is 6.92 Å². The molecule has 1 aromatic rings. The van der Waals surface area contributed by atoms with Crippen molar-refractivity contribution in [1.82, 2.24) is 10.2 Å². The molecule has 0 aliphatic heterocycles. The summed E-state index contributed by atoms with van der Waals surface area (Å²) in [6.45, 7) is 1.79. The summed E-state index contributed by atoms with van der Waals surface area (Å²) in [5.74, 6) is -0.249. The van der Waals surface area contributed by atoms with E-state index in [1.54, 1.807) is 0 Å². The van der Waals surface area contributed by atoms with Crippen LogP contribution in [0.4, 0.5) is 5.13 Å². The number of nitrogens with one attached hydrogen (secondary N) is 1. The maximum absolute atomic E-state index is 10.7. The topological polar surface area (TPSA) is 80.9 Å². The number of aryl methyl sites for hydroxylation is 1. The Bertz CT molecular complexity index is 259. The number of amides is 1. The Kier molecular flexibility index (Phi) is 2.50. The van der Waals surface area contributed by atoms with Crippen molar-refractivity contribution in [2.75, 3.05) is 11.9 Å². The molecular formula is C5H8N4OS. The fraction of sp³-hybridized carbons (Fsp3) is 0.400. The summed E-state index contributed by atoms with van der Waals surface area (Å²) in [5.41, 5.74) is 5.07. The molecule has 0 aromatic carbocycles. The summed E-state index contributed by atoms with van der Waals surface area (Å²) in [7, 11) is 0. The number of nitrogens with two attached hydrogens (primary N) is 1. The first-order valence-electron chi connectivity index (χ1n) is 3.02. The molecule has 0 saturated carbocycles. The van der Waals surface area contributed by atoms with Crippen molar-refractivity contribution in [3.05, 3.63) is 5.01 Å². The van der Waals surface area contributed by atoms with Crippen molar-refractivity contribution in [3.8, 4) is 0 Å². The molecule has 0 aliphatic carbocycles. The van der Waals surface area contributed by atoms with E-state index < -0.39 is 0 Å². The van der Waals surface area contributed by atoms with Crippen molar-refractivity contribution in [2.45, 2.75) is 6.92 Å². The van der Waals surface area contributed by atoms with Crippen LogP contribution in [0.25, 0.3) is 0 Å². The zero-order valence-corrected chi connectivity index (χ0v) is 6.81. The molecular weight excluding hydrogens is 164 g/mol. The lowest BCUT2D eigenvalue weighted by molar-refractivity contribution is -0.114. The predicted molar refractivity (Wildman–Crippen MR) is 42.3 cm³/mol. The molecule has 0 atom stereocenters. The first-order chi connectivity index (χ1) is 5.22. The third-order valence-corrected chi connectivity index (χ3v) is 1.71. The third-order valence-electron chi connectivity index (χ3n) is 0.958. The molecule has 0 saturated heterocycles. The van der Waals surface area contributed by atoms with Gasteiger partial charge in [0.25, 0.3) is 0 Å². The quantitative estimate of drug-likeness (QED) is 0.644. The zero-order valence-electron chi connectivity index (χ0n) is 6.00. The minimum atomic E-state index is -0.249. The van der Waals surface area contributed by atoms with E-state index in [9.17, 15) is 4.79 Å². The van der Waals surface area contributed by atoms with Crippen molar-refractivity contribution in [2.24, 2.45) is 5.73 Å². The normalized spacial score (nSPS) is 9.64. The van der Waals surface area contributed by atoms with Crippen molar-refractivity contribution < 1.29 is 4.79 Å². The molecule has 11 heavy (non-hydrogen) atoms. The van der Waals surface area contributed by atoms with Crippen LogP contribution in [0.3, 0.4) is 0 Å². The van der Waals surface area contributed by atoms with E-state index in [1.165, 1.54) is 11.3 Å². The summed E-state index contributed by atoms with van der Waals surface area (Å²) in [6, 6.07) is 0. The molecule has 1 aromatic heterocycles. The summed E-state index contributed by atoms with van der Waals surface area (Å²) in [6.07, 6.45) is 0. The highest BCUT2D eigenvalue weighted by Crippen LogP contribution is 2.12. The SMILES string of the molecule is Cc1nnc(NC(=O)CN)s1. The van der Waals surface area contributed by atoms with Crippen LogP contribution >= 0.6 is 11.3 Å². The highest BCUT2D eigenvalue weighted by molar-refractivity contribution is 7.15. The van der Waals surface area contributed by atoms with E-state index in [2.05, 4.69) is 15.5 Å². The lowest BCUT2D eigenvalue weighted by Gasteiger charge is -1.94. The van der Waals surface area contributed by atoms with Crippen LogP contribution in [0.1, 0.15) is 5.01 Å². The van der Waals surface area contributed by atoms with Gasteiger partial charge >= 0.3 is 0 Å². The molecule has 3 N–H and O–H groups in total. The molecule has 0 bridgehead atoms. The minimum Gasteiger partial charge on any atom is -0.322 e. The van der Waals surface area contributed by atoms with Gasteiger partial charge in [0.1, 0.15) is 5.01 Å². The van der Waals surface area contributed by atoms with Gasteiger partial charge in [-0.25, -0.2) is 0 Å². The lowest BCUT2D eigenvalue weighted by Crippen LogP contribution is -2.21. The first kappa shape index (κ1) is 8.09. The largest absolute Gasteiger partial charge is 0.322 e. The average molecular weight is 172 g/mol. The monoisotopic (exact) mass is 172 g/mol. The molecule has 6 heteroatoms. The third kappa shape index (κ3) is 2.24. The van der Waals surface area contributed by atoms with Gasteiger partial charge in [-0.05, 0) is 6.92 Å². The fourth-order valence-electron chi connectivity index (χ4n) is 0.517. The van der Waals surface area contributed by atoms with Gasteiger partial charge in [0.2, 0.25) is 11.0 Å². The van der Waals surface area contributed by atoms with Crippen LogP contribution in [0, 0.1) is 6.92 Å². The Labute approximate surface area is 67.6 Å². The summed E-state index contributed by atoms with van der Waals surface area (Å²) in [4.78, 5) is 10.7.